The number of hydrogen-bond donors (Lipinski definition) is 0. The van der Waals surface area contributed by atoms with Gasteiger partial charge in [-0.05, 0) is 37.5 Å². The summed E-state index contributed by atoms with van der Waals surface area (Å²) < 4.78 is 34.1. The average molecular weight is 242 g/mol. The number of aryl methyl sites for hydroxylation is 1. The number of hydrogen-bond acceptors (Lipinski definition) is 3. The SMILES string of the molecule is CC(=O)CCCc1ccc2c(c1)OC(F)(F)O2. The molecule has 0 bridgehead atoms. The van der Waals surface area contributed by atoms with Crippen LogP contribution in [0.2, 0.25) is 0 Å². The second-order valence-corrected chi connectivity index (χ2v) is 4.00. The second kappa shape index (κ2) is 4.31. The average Bonchev–Trinajstić information content (AvgIpc) is 2.50. The number of benzene rings is 1. The zero-order valence-electron chi connectivity index (χ0n) is 9.33. The van der Waals surface area contributed by atoms with Crippen molar-refractivity contribution >= 4 is 5.78 Å². The third-order valence-corrected chi connectivity index (χ3v) is 2.46. The molecular formula is C12H12F2O3. The van der Waals surface area contributed by atoms with Gasteiger partial charge in [-0.3, -0.25) is 0 Å². The van der Waals surface area contributed by atoms with Crippen LogP contribution in [-0.4, -0.2) is 12.1 Å². The van der Waals surface area contributed by atoms with Gasteiger partial charge in [0.05, 0.1) is 0 Å². The van der Waals surface area contributed by atoms with Gasteiger partial charge in [0, 0.05) is 6.42 Å². The van der Waals surface area contributed by atoms with Gasteiger partial charge in [-0.15, -0.1) is 8.78 Å². The summed E-state index contributed by atoms with van der Waals surface area (Å²) in [6.07, 6.45) is -1.72. The fourth-order valence-electron chi connectivity index (χ4n) is 1.69. The van der Waals surface area contributed by atoms with Crippen LogP contribution in [0.4, 0.5) is 8.78 Å². The summed E-state index contributed by atoms with van der Waals surface area (Å²) in [6.45, 7) is 1.53. The van der Waals surface area contributed by atoms with E-state index >= 15 is 0 Å². The van der Waals surface area contributed by atoms with Crippen molar-refractivity contribution in [3.05, 3.63) is 23.8 Å². The number of Topliss-reactive ketones (excluding diaryl/α,β-unsaturated/α-hetero) is 1. The highest BCUT2D eigenvalue weighted by Gasteiger charge is 2.43. The molecule has 0 saturated heterocycles. The first-order valence-electron chi connectivity index (χ1n) is 5.34. The molecule has 1 aliphatic rings. The van der Waals surface area contributed by atoms with E-state index in [1.165, 1.54) is 19.1 Å². The Labute approximate surface area is 97.3 Å². The van der Waals surface area contributed by atoms with Crippen molar-refractivity contribution in [1.82, 2.24) is 0 Å². The topological polar surface area (TPSA) is 35.5 Å². The van der Waals surface area contributed by atoms with Crippen molar-refractivity contribution in [2.45, 2.75) is 32.5 Å². The standard InChI is InChI=1S/C12H12F2O3/c1-8(15)3-2-4-9-5-6-10-11(7-9)17-12(13,14)16-10/h5-7H,2-4H2,1H3. The maximum absolute atomic E-state index is 12.7. The highest BCUT2D eigenvalue weighted by Crippen LogP contribution is 2.41. The van der Waals surface area contributed by atoms with E-state index in [-0.39, 0.29) is 17.3 Å². The molecule has 1 aliphatic heterocycles. The van der Waals surface area contributed by atoms with Gasteiger partial charge in [0.2, 0.25) is 0 Å². The molecule has 0 amide bonds. The smallest absolute Gasteiger partial charge is 0.395 e. The summed E-state index contributed by atoms with van der Waals surface area (Å²) >= 11 is 0. The van der Waals surface area contributed by atoms with Gasteiger partial charge >= 0.3 is 6.29 Å². The molecule has 0 unspecified atom stereocenters. The Kier molecular flexibility index (Phi) is 3.00. The number of ether oxygens (including phenoxy) is 2. The van der Waals surface area contributed by atoms with E-state index < -0.39 is 6.29 Å². The fraction of sp³-hybridized carbons (Fsp3) is 0.417. The zero-order valence-corrected chi connectivity index (χ0v) is 9.33. The lowest BCUT2D eigenvalue weighted by Gasteiger charge is -2.04. The molecule has 0 N–H and O–H groups in total. The summed E-state index contributed by atoms with van der Waals surface area (Å²) in [5.41, 5.74) is 0.853. The number of carbonyl (C=O) groups is 1. The molecule has 0 aliphatic carbocycles. The molecule has 1 aromatic rings. The minimum absolute atomic E-state index is 0.0466. The van der Waals surface area contributed by atoms with Crippen molar-refractivity contribution in [1.29, 1.82) is 0 Å². The first-order chi connectivity index (χ1) is 7.96. The summed E-state index contributed by atoms with van der Waals surface area (Å²) in [4.78, 5) is 10.8. The maximum atomic E-state index is 12.7. The molecule has 0 fully saturated rings. The van der Waals surface area contributed by atoms with Crippen molar-refractivity contribution in [3.8, 4) is 11.5 Å². The van der Waals surface area contributed by atoms with Crippen LogP contribution in [-0.2, 0) is 11.2 Å². The van der Waals surface area contributed by atoms with E-state index in [0.29, 0.717) is 19.3 Å². The van der Waals surface area contributed by atoms with Gasteiger partial charge < -0.3 is 14.3 Å². The number of ketones is 1. The molecule has 2 rings (SSSR count). The number of carbonyl (C=O) groups excluding carboxylic acids is 1. The van der Waals surface area contributed by atoms with E-state index in [2.05, 4.69) is 9.47 Å². The molecule has 0 spiro atoms. The molecule has 1 heterocycles. The van der Waals surface area contributed by atoms with E-state index in [9.17, 15) is 13.6 Å². The maximum Gasteiger partial charge on any atom is 0.586 e. The number of fused-ring (bicyclic) bond motifs is 1. The van der Waals surface area contributed by atoms with Crippen LogP contribution in [0.25, 0.3) is 0 Å². The second-order valence-electron chi connectivity index (χ2n) is 4.00. The summed E-state index contributed by atoms with van der Waals surface area (Å²) in [5.74, 6) is 0.220. The van der Waals surface area contributed by atoms with Gasteiger partial charge in [-0.25, -0.2) is 0 Å². The molecule has 92 valence electrons. The normalized spacial score (nSPS) is 15.9. The fourth-order valence-corrected chi connectivity index (χ4v) is 1.69. The number of rotatable bonds is 4. The number of halogens is 2. The van der Waals surface area contributed by atoms with Gasteiger partial charge in [-0.2, -0.15) is 0 Å². The molecule has 5 heteroatoms. The Balaban J connectivity index is 2.01. The van der Waals surface area contributed by atoms with Crippen LogP contribution >= 0.6 is 0 Å². The molecule has 1 aromatic carbocycles. The van der Waals surface area contributed by atoms with Crippen LogP contribution in [0.5, 0.6) is 11.5 Å². The van der Waals surface area contributed by atoms with E-state index in [4.69, 9.17) is 0 Å². The Morgan fingerprint density at radius 1 is 1.29 bits per heavy atom. The van der Waals surface area contributed by atoms with E-state index in [1.54, 1.807) is 6.07 Å². The molecule has 3 nitrogen and oxygen atoms in total. The minimum Gasteiger partial charge on any atom is -0.395 e. The summed E-state index contributed by atoms with van der Waals surface area (Å²) in [6, 6.07) is 4.68. The summed E-state index contributed by atoms with van der Waals surface area (Å²) in [7, 11) is 0. The Bertz CT molecular complexity index is 443. The third kappa shape index (κ3) is 2.93. The molecule has 0 radical (unpaired) electrons. The quantitative estimate of drug-likeness (QED) is 0.814. The molecule has 0 atom stereocenters. The van der Waals surface area contributed by atoms with E-state index in [0.717, 1.165) is 5.56 Å². The molecular weight excluding hydrogens is 230 g/mol. The first-order valence-corrected chi connectivity index (χ1v) is 5.34. The van der Waals surface area contributed by atoms with Crippen molar-refractivity contribution in [3.63, 3.8) is 0 Å². The van der Waals surface area contributed by atoms with Crippen molar-refractivity contribution in [2.24, 2.45) is 0 Å². The lowest BCUT2D eigenvalue weighted by atomic mass is 10.1. The monoisotopic (exact) mass is 242 g/mol. The lowest BCUT2D eigenvalue weighted by Crippen LogP contribution is -2.25. The number of alkyl halides is 2. The van der Waals surface area contributed by atoms with Crippen LogP contribution in [0.1, 0.15) is 25.3 Å². The largest absolute Gasteiger partial charge is 0.586 e. The Morgan fingerprint density at radius 3 is 2.71 bits per heavy atom. The molecule has 0 aromatic heterocycles. The Morgan fingerprint density at radius 2 is 2.00 bits per heavy atom. The highest BCUT2D eigenvalue weighted by atomic mass is 19.3. The van der Waals surface area contributed by atoms with Crippen molar-refractivity contribution in [2.75, 3.05) is 0 Å². The van der Waals surface area contributed by atoms with E-state index in [1.807, 2.05) is 0 Å². The van der Waals surface area contributed by atoms with Gasteiger partial charge in [0.1, 0.15) is 5.78 Å². The minimum atomic E-state index is -3.57. The highest BCUT2D eigenvalue weighted by molar-refractivity contribution is 5.75. The van der Waals surface area contributed by atoms with Gasteiger partial charge in [0.15, 0.2) is 11.5 Å². The molecule has 17 heavy (non-hydrogen) atoms. The van der Waals surface area contributed by atoms with Gasteiger partial charge in [-0.1, -0.05) is 6.07 Å². The third-order valence-electron chi connectivity index (χ3n) is 2.46. The predicted octanol–water partition coefficient (Wildman–Crippen LogP) is 2.92. The predicted molar refractivity (Wildman–Crippen MR) is 56.3 cm³/mol. The van der Waals surface area contributed by atoms with Crippen LogP contribution < -0.4 is 9.47 Å². The molecule has 0 saturated carbocycles. The first kappa shape index (κ1) is 11.8. The summed E-state index contributed by atoms with van der Waals surface area (Å²) in [5, 5.41) is 0. The zero-order chi connectivity index (χ0) is 12.5. The van der Waals surface area contributed by atoms with Crippen LogP contribution in [0.15, 0.2) is 18.2 Å². The van der Waals surface area contributed by atoms with Gasteiger partial charge in [0.25, 0.3) is 0 Å². The van der Waals surface area contributed by atoms with Crippen LogP contribution in [0.3, 0.4) is 0 Å². The Hall–Kier alpha value is -1.65. The lowest BCUT2D eigenvalue weighted by molar-refractivity contribution is -0.286. The van der Waals surface area contributed by atoms with Crippen LogP contribution in [0, 0.1) is 0 Å². The van der Waals surface area contributed by atoms with Crippen molar-refractivity contribution < 1.29 is 23.0 Å².